The number of hydrogen-bond acceptors (Lipinski definition) is 4. The van der Waals surface area contributed by atoms with Crippen molar-refractivity contribution in [2.24, 2.45) is 11.7 Å². The minimum absolute atomic E-state index is 0.307. The van der Waals surface area contributed by atoms with Gasteiger partial charge in [-0.3, -0.25) is 4.90 Å². The summed E-state index contributed by atoms with van der Waals surface area (Å²) in [5.74, 6) is 0.791. The molecule has 0 spiro atoms. The molecule has 2 aliphatic rings. The molecule has 2 N–H and O–H groups in total. The zero-order valence-electron chi connectivity index (χ0n) is 13.0. The Labute approximate surface area is 118 Å². The minimum atomic E-state index is 0.307. The summed E-state index contributed by atoms with van der Waals surface area (Å²) in [5, 5.41) is 0. The molecule has 2 fully saturated rings. The van der Waals surface area contributed by atoms with E-state index in [2.05, 4.69) is 35.5 Å². The highest BCUT2D eigenvalue weighted by atomic mass is 15.3. The average molecular weight is 268 g/mol. The van der Waals surface area contributed by atoms with Gasteiger partial charge in [0.05, 0.1) is 0 Å². The summed E-state index contributed by atoms with van der Waals surface area (Å²) >= 11 is 0. The van der Waals surface area contributed by atoms with E-state index in [4.69, 9.17) is 5.73 Å². The first kappa shape index (κ1) is 15.2. The maximum absolute atomic E-state index is 5.90. The second-order valence-electron chi connectivity index (χ2n) is 6.91. The molecule has 2 aliphatic heterocycles. The zero-order chi connectivity index (χ0) is 13.8. The van der Waals surface area contributed by atoms with Crippen LogP contribution >= 0.6 is 0 Å². The summed E-state index contributed by atoms with van der Waals surface area (Å²) in [6.45, 7) is 16.5. The maximum Gasteiger partial charge on any atom is 0.0236 e. The van der Waals surface area contributed by atoms with Crippen molar-refractivity contribution in [2.75, 3.05) is 52.4 Å². The van der Waals surface area contributed by atoms with Crippen LogP contribution in [-0.2, 0) is 0 Å². The van der Waals surface area contributed by atoms with Gasteiger partial charge in [0.15, 0.2) is 0 Å². The normalized spacial score (nSPS) is 29.2. The SMILES string of the molecule is CC(C)CN1CCN([C@H]2CCN(CC(C)N)C2)CC1. The predicted molar refractivity (Wildman–Crippen MR) is 81.3 cm³/mol. The first-order valence-corrected chi connectivity index (χ1v) is 7.99. The van der Waals surface area contributed by atoms with Gasteiger partial charge in [0, 0.05) is 57.9 Å². The van der Waals surface area contributed by atoms with E-state index in [1.165, 1.54) is 52.2 Å². The second-order valence-corrected chi connectivity index (χ2v) is 6.91. The van der Waals surface area contributed by atoms with Crippen molar-refractivity contribution in [3.05, 3.63) is 0 Å². The molecule has 2 atom stereocenters. The van der Waals surface area contributed by atoms with Crippen LogP contribution in [0.4, 0.5) is 0 Å². The van der Waals surface area contributed by atoms with E-state index >= 15 is 0 Å². The Hall–Kier alpha value is -0.160. The van der Waals surface area contributed by atoms with Crippen LogP contribution in [0.5, 0.6) is 0 Å². The molecule has 2 rings (SSSR count). The molecule has 2 saturated heterocycles. The first-order valence-electron chi connectivity index (χ1n) is 7.99. The Morgan fingerprint density at radius 2 is 1.63 bits per heavy atom. The number of nitrogens with two attached hydrogens (primary N) is 1. The van der Waals surface area contributed by atoms with Crippen LogP contribution in [0.2, 0.25) is 0 Å². The van der Waals surface area contributed by atoms with Crippen molar-refractivity contribution >= 4 is 0 Å². The predicted octanol–water partition coefficient (Wildman–Crippen LogP) is 0.682. The van der Waals surface area contributed by atoms with Gasteiger partial charge in [0.25, 0.3) is 0 Å². The highest BCUT2D eigenvalue weighted by molar-refractivity contribution is 4.87. The number of hydrogen-bond donors (Lipinski definition) is 1. The first-order chi connectivity index (χ1) is 9.04. The van der Waals surface area contributed by atoms with Crippen LogP contribution in [0.15, 0.2) is 0 Å². The van der Waals surface area contributed by atoms with Crippen LogP contribution in [0, 0.1) is 5.92 Å². The van der Waals surface area contributed by atoms with E-state index < -0.39 is 0 Å². The standard InChI is InChI=1S/C15H32N4/c1-13(2)10-17-6-8-19(9-7-17)15-4-5-18(12-15)11-14(3)16/h13-15H,4-12,16H2,1-3H3/t14?,15-/m0/s1. The molecule has 2 heterocycles. The van der Waals surface area contributed by atoms with E-state index in [-0.39, 0.29) is 0 Å². The third-order valence-electron chi connectivity index (χ3n) is 4.34. The molecule has 4 heteroatoms. The van der Waals surface area contributed by atoms with E-state index in [0.717, 1.165) is 18.5 Å². The van der Waals surface area contributed by atoms with Crippen molar-refractivity contribution < 1.29 is 0 Å². The summed E-state index contributed by atoms with van der Waals surface area (Å²) in [6.07, 6.45) is 1.33. The molecule has 0 aliphatic carbocycles. The molecular formula is C15H32N4. The maximum atomic E-state index is 5.90. The van der Waals surface area contributed by atoms with Gasteiger partial charge in [-0.2, -0.15) is 0 Å². The zero-order valence-corrected chi connectivity index (χ0v) is 13.0. The van der Waals surface area contributed by atoms with Gasteiger partial charge in [-0.05, 0) is 25.8 Å². The van der Waals surface area contributed by atoms with E-state index in [1.807, 2.05) is 0 Å². The van der Waals surface area contributed by atoms with Crippen molar-refractivity contribution in [1.82, 2.24) is 14.7 Å². The van der Waals surface area contributed by atoms with Gasteiger partial charge in [-0.25, -0.2) is 0 Å². The molecule has 19 heavy (non-hydrogen) atoms. The van der Waals surface area contributed by atoms with E-state index in [9.17, 15) is 0 Å². The summed E-state index contributed by atoms with van der Waals surface area (Å²) in [6, 6.07) is 1.08. The van der Waals surface area contributed by atoms with Crippen LogP contribution in [-0.4, -0.2) is 79.1 Å². The highest BCUT2D eigenvalue weighted by Gasteiger charge is 2.30. The van der Waals surface area contributed by atoms with E-state index in [0.29, 0.717) is 6.04 Å². The van der Waals surface area contributed by atoms with Crippen molar-refractivity contribution in [3.8, 4) is 0 Å². The molecule has 0 aromatic heterocycles. The summed E-state index contributed by atoms with van der Waals surface area (Å²) in [4.78, 5) is 7.86. The molecule has 4 nitrogen and oxygen atoms in total. The lowest BCUT2D eigenvalue weighted by atomic mass is 10.1. The van der Waals surface area contributed by atoms with Crippen LogP contribution < -0.4 is 5.73 Å². The monoisotopic (exact) mass is 268 g/mol. The van der Waals surface area contributed by atoms with Crippen LogP contribution in [0.1, 0.15) is 27.2 Å². The minimum Gasteiger partial charge on any atom is -0.327 e. The van der Waals surface area contributed by atoms with E-state index in [1.54, 1.807) is 0 Å². The van der Waals surface area contributed by atoms with Crippen molar-refractivity contribution in [3.63, 3.8) is 0 Å². The molecule has 1 unspecified atom stereocenters. The number of nitrogens with zero attached hydrogens (tertiary/aromatic N) is 3. The Bertz CT molecular complexity index is 259. The molecule has 112 valence electrons. The van der Waals surface area contributed by atoms with Crippen LogP contribution in [0.3, 0.4) is 0 Å². The number of likely N-dealkylation sites (tertiary alicyclic amines) is 1. The lowest BCUT2D eigenvalue weighted by Gasteiger charge is -2.38. The van der Waals surface area contributed by atoms with Gasteiger partial charge in [0.2, 0.25) is 0 Å². The number of rotatable bonds is 5. The van der Waals surface area contributed by atoms with Crippen molar-refractivity contribution in [1.29, 1.82) is 0 Å². The Kier molecular flexibility index (Phi) is 5.63. The smallest absolute Gasteiger partial charge is 0.0236 e. The Morgan fingerprint density at radius 1 is 0.947 bits per heavy atom. The lowest BCUT2D eigenvalue weighted by Crippen LogP contribution is -2.51. The highest BCUT2D eigenvalue weighted by Crippen LogP contribution is 2.17. The summed E-state index contributed by atoms with van der Waals surface area (Å²) in [7, 11) is 0. The molecule has 0 bridgehead atoms. The fraction of sp³-hybridized carbons (Fsp3) is 1.00. The quantitative estimate of drug-likeness (QED) is 0.795. The van der Waals surface area contributed by atoms with Crippen LogP contribution in [0.25, 0.3) is 0 Å². The third-order valence-corrected chi connectivity index (χ3v) is 4.34. The molecule has 0 amide bonds. The topological polar surface area (TPSA) is 35.7 Å². The molecule has 0 saturated carbocycles. The van der Waals surface area contributed by atoms with Gasteiger partial charge < -0.3 is 15.5 Å². The average Bonchev–Trinajstić information content (AvgIpc) is 2.76. The van der Waals surface area contributed by atoms with Gasteiger partial charge >= 0.3 is 0 Å². The molecule has 0 aromatic carbocycles. The largest absolute Gasteiger partial charge is 0.327 e. The summed E-state index contributed by atoms with van der Waals surface area (Å²) in [5.41, 5.74) is 5.90. The molecule has 0 radical (unpaired) electrons. The van der Waals surface area contributed by atoms with Gasteiger partial charge in [-0.1, -0.05) is 13.8 Å². The Morgan fingerprint density at radius 3 is 2.21 bits per heavy atom. The summed E-state index contributed by atoms with van der Waals surface area (Å²) < 4.78 is 0. The Balaban J connectivity index is 1.70. The van der Waals surface area contributed by atoms with Gasteiger partial charge in [-0.15, -0.1) is 0 Å². The second kappa shape index (κ2) is 7.02. The van der Waals surface area contributed by atoms with Gasteiger partial charge in [0.1, 0.15) is 0 Å². The lowest BCUT2D eigenvalue weighted by molar-refractivity contribution is 0.0905. The van der Waals surface area contributed by atoms with Crippen molar-refractivity contribution in [2.45, 2.75) is 39.3 Å². The fourth-order valence-electron chi connectivity index (χ4n) is 3.51. The molecule has 0 aromatic rings. The number of piperazine rings is 1. The fourth-order valence-corrected chi connectivity index (χ4v) is 3.51. The molecular weight excluding hydrogens is 236 g/mol. The third kappa shape index (κ3) is 4.71.